The summed E-state index contributed by atoms with van der Waals surface area (Å²) in [7, 11) is 0. The number of carbonyl (C=O) groups excluding carboxylic acids is 1. The normalized spacial score (nSPS) is 11.4. The molecule has 4 aromatic rings. The molecule has 0 fully saturated rings. The minimum atomic E-state index is -0.201. The molecular weight excluding hydrogens is 362 g/mol. The third-order valence-corrected chi connectivity index (χ3v) is 4.59. The van der Waals surface area contributed by atoms with E-state index in [0.29, 0.717) is 28.6 Å². The lowest BCUT2D eigenvalue weighted by atomic mass is 10.0. The molecular formula is C24H21N3O2. The van der Waals surface area contributed by atoms with Gasteiger partial charge in [-0.3, -0.25) is 9.78 Å². The van der Waals surface area contributed by atoms with E-state index in [9.17, 15) is 4.79 Å². The van der Waals surface area contributed by atoms with Crippen molar-refractivity contribution in [1.82, 2.24) is 9.97 Å². The van der Waals surface area contributed by atoms with Gasteiger partial charge < -0.3 is 9.73 Å². The van der Waals surface area contributed by atoms with E-state index in [0.717, 1.165) is 11.1 Å². The van der Waals surface area contributed by atoms with Crippen molar-refractivity contribution in [2.75, 3.05) is 5.32 Å². The van der Waals surface area contributed by atoms with Gasteiger partial charge in [-0.1, -0.05) is 38.1 Å². The molecule has 0 bridgehead atoms. The number of benzene rings is 2. The lowest BCUT2D eigenvalue weighted by molar-refractivity contribution is -0.111. The van der Waals surface area contributed by atoms with Crippen molar-refractivity contribution in [2.24, 2.45) is 0 Å². The van der Waals surface area contributed by atoms with Crippen molar-refractivity contribution in [3.05, 3.63) is 84.2 Å². The number of hydrogen-bond donors (Lipinski definition) is 1. The van der Waals surface area contributed by atoms with Crippen LogP contribution in [0.2, 0.25) is 0 Å². The molecule has 0 unspecified atom stereocenters. The molecule has 0 saturated heterocycles. The molecule has 2 aromatic carbocycles. The summed E-state index contributed by atoms with van der Waals surface area (Å²) >= 11 is 0. The van der Waals surface area contributed by atoms with Crippen molar-refractivity contribution in [2.45, 2.75) is 19.8 Å². The fourth-order valence-corrected chi connectivity index (χ4v) is 2.97. The Morgan fingerprint density at radius 2 is 1.93 bits per heavy atom. The second kappa shape index (κ2) is 8.10. The highest BCUT2D eigenvalue weighted by atomic mass is 16.3. The average Bonchev–Trinajstić information content (AvgIpc) is 3.17. The second-order valence-corrected chi connectivity index (χ2v) is 7.09. The van der Waals surface area contributed by atoms with Gasteiger partial charge in [0.2, 0.25) is 11.8 Å². The molecule has 0 aliphatic carbocycles. The third kappa shape index (κ3) is 4.41. The number of amides is 1. The summed E-state index contributed by atoms with van der Waals surface area (Å²) in [6, 6.07) is 17.3. The number of fused-ring (bicyclic) bond motifs is 1. The van der Waals surface area contributed by atoms with Gasteiger partial charge in [-0.15, -0.1) is 0 Å². The minimum Gasteiger partial charge on any atom is -0.436 e. The van der Waals surface area contributed by atoms with E-state index in [1.54, 1.807) is 36.7 Å². The molecule has 5 nitrogen and oxygen atoms in total. The van der Waals surface area contributed by atoms with Crippen molar-refractivity contribution in [3.63, 3.8) is 0 Å². The summed E-state index contributed by atoms with van der Waals surface area (Å²) in [6.07, 6.45) is 6.73. The zero-order chi connectivity index (χ0) is 20.2. The van der Waals surface area contributed by atoms with Crippen LogP contribution in [0, 0.1) is 0 Å². The molecule has 5 heteroatoms. The number of nitrogens with one attached hydrogen (secondary N) is 1. The SMILES string of the molecule is CC(C)c1ccc(/C=C/C(=O)Nc2ccc3oc(-c4cccnc4)nc3c2)cc1. The molecule has 29 heavy (non-hydrogen) atoms. The Morgan fingerprint density at radius 1 is 1.10 bits per heavy atom. The summed E-state index contributed by atoms with van der Waals surface area (Å²) in [5.74, 6) is 0.788. The number of aromatic nitrogens is 2. The highest BCUT2D eigenvalue weighted by molar-refractivity contribution is 6.02. The third-order valence-electron chi connectivity index (χ3n) is 4.59. The standard InChI is InChI=1S/C24H21N3O2/c1-16(2)18-8-5-17(6-9-18)7-12-23(28)26-20-10-11-22-21(14-20)27-24(29-22)19-4-3-13-25-15-19/h3-16H,1-2H3,(H,26,28)/b12-7+. The van der Waals surface area contributed by atoms with Gasteiger partial charge in [0.05, 0.1) is 5.56 Å². The molecule has 4 rings (SSSR count). The molecule has 1 N–H and O–H groups in total. The van der Waals surface area contributed by atoms with Crippen LogP contribution in [0.4, 0.5) is 5.69 Å². The van der Waals surface area contributed by atoms with Crippen molar-refractivity contribution in [3.8, 4) is 11.5 Å². The maximum atomic E-state index is 12.3. The van der Waals surface area contributed by atoms with Crippen LogP contribution in [0.25, 0.3) is 28.6 Å². The number of anilines is 1. The summed E-state index contributed by atoms with van der Waals surface area (Å²) < 4.78 is 5.77. The topological polar surface area (TPSA) is 68.0 Å². The maximum Gasteiger partial charge on any atom is 0.248 e. The van der Waals surface area contributed by atoms with Crippen LogP contribution in [0.3, 0.4) is 0 Å². The lowest BCUT2D eigenvalue weighted by Crippen LogP contribution is -2.07. The second-order valence-electron chi connectivity index (χ2n) is 7.09. The Hall–Kier alpha value is -3.73. The average molecular weight is 383 g/mol. The van der Waals surface area contributed by atoms with Gasteiger partial charge in [0.15, 0.2) is 5.58 Å². The Balaban J connectivity index is 1.46. The van der Waals surface area contributed by atoms with Gasteiger partial charge in [0, 0.05) is 24.2 Å². The molecule has 0 aliphatic heterocycles. The van der Waals surface area contributed by atoms with E-state index >= 15 is 0 Å². The van der Waals surface area contributed by atoms with Crippen molar-refractivity contribution < 1.29 is 9.21 Å². The maximum absolute atomic E-state index is 12.3. The first kappa shape index (κ1) is 18.6. The first-order chi connectivity index (χ1) is 14.1. The zero-order valence-electron chi connectivity index (χ0n) is 16.3. The molecule has 0 saturated carbocycles. The van der Waals surface area contributed by atoms with Crippen LogP contribution < -0.4 is 5.32 Å². The van der Waals surface area contributed by atoms with Crippen LogP contribution in [-0.4, -0.2) is 15.9 Å². The van der Waals surface area contributed by atoms with Gasteiger partial charge >= 0.3 is 0 Å². The Morgan fingerprint density at radius 3 is 2.66 bits per heavy atom. The highest BCUT2D eigenvalue weighted by Gasteiger charge is 2.09. The number of oxazole rings is 1. The van der Waals surface area contributed by atoms with Gasteiger partial charge in [0.1, 0.15) is 5.52 Å². The summed E-state index contributed by atoms with van der Waals surface area (Å²) in [6.45, 7) is 4.31. The van der Waals surface area contributed by atoms with Gasteiger partial charge in [0.25, 0.3) is 0 Å². The van der Waals surface area contributed by atoms with Crippen LogP contribution in [0.1, 0.15) is 30.9 Å². The van der Waals surface area contributed by atoms with Crippen LogP contribution in [0.5, 0.6) is 0 Å². The molecule has 144 valence electrons. The molecule has 1 amide bonds. The van der Waals surface area contributed by atoms with Gasteiger partial charge in [-0.2, -0.15) is 0 Å². The Labute approximate surface area is 169 Å². The number of hydrogen-bond acceptors (Lipinski definition) is 4. The lowest BCUT2D eigenvalue weighted by Gasteiger charge is -2.04. The van der Waals surface area contributed by atoms with Crippen LogP contribution in [0.15, 0.2) is 77.5 Å². The van der Waals surface area contributed by atoms with Crippen LogP contribution in [-0.2, 0) is 4.79 Å². The predicted octanol–water partition coefficient (Wildman–Crippen LogP) is 5.67. The molecule has 2 aromatic heterocycles. The van der Waals surface area contributed by atoms with E-state index in [-0.39, 0.29) is 5.91 Å². The Bertz CT molecular complexity index is 1160. The number of rotatable bonds is 5. The number of carbonyl (C=O) groups is 1. The molecule has 0 aliphatic rings. The quantitative estimate of drug-likeness (QED) is 0.451. The minimum absolute atomic E-state index is 0.201. The molecule has 0 spiro atoms. The number of pyridine rings is 1. The Kier molecular flexibility index (Phi) is 5.20. The van der Waals surface area contributed by atoms with Gasteiger partial charge in [-0.05, 0) is 53.5 Å². The largest absolute Gasteiger partial charge is 0.436 e. The smallest absolute Gasteiger partial charge is 0.248 e. The van der Waals surface area contributed by atoms with Crippen molar-refractivity contribution in [1.29, 1.82) is 0 Å². The summed E-state index contributed by atoms with van der Waals surface area (Å²) in [5, 5.41) is 2.86. The van der Waals surface area contributed by atoms with E-state index < -0.39 is 0 Å². The number of nitrogens with zero attached hydrogens (tertiary/aromatic N) is 2. The molecule has 0 atom stereocenters. The molecule has 0 radical (unpaired) electrons. The predicted molar refractivity (Wildman–Crippen MR) is 115 cm³/mol. The van der Waals surface area contributed by atoms with Gasteiger partial charge in [-0.25, -0.2) is 4.98 Å². The summed E-state index contributed by atoms with van der Waals surface area (Å²) in [4.78, 5) is 20.8. The first-order valence-corrected chi connectivity index (χ1v) is 9.48. The van der Waals surface area contributed by atoms with Crippen LogP contribution >= 0.6 is 0 Å². The van der Waals surface area contributed by atoms with E-state index in [4.69, 9.17) is 4.42 Å². The summed E-state index contributed by atoms with van der Waals surface area (Å²) in [5.41, 5.74) is 5.06. The fourth-order valence-electron chi connectivity index (χ4n) is 2.97. The van der Waals surface area contributed by atoms with Crippen molar-refractivity contribution >= 4 is 28.8 Å². The zero-order valence-corrected chi connectivity index (χ0v) is 16.3. The highest BCUT2D eigenvalue weighted by Crippen LogP contribution is 2.25. The van der Waals surface area contributed by atoms with E-state index in [1.165, 1.54) is 11.6 Å². The van der Waals surface area contributed by atoms with E-state index in [2.05, 4.69) is 41.3 Å². The molecule has 2 heterocycles. The van der Waals surface area contributed by atoms with E-state index in [1.807, 2.05) is 24.3 Å². The monoisotopic (exact) mass is 383 g/mol. The first-order valence-electron chi connectivity index (χ1n) is 9.48. The fraction of sp³-hybridized carbons (Fsp3) is 0.125.